The summed E-state index contributed by atoms with van der Waals surface area (Å²) in [5.74, 6) is 0.812. The van der Waals surface area contributed by atoms with Gasteiger partial charge in [0.15, 0.2) is 0 Å². The zero-order chi connectivity index (χ0) is 19.1. The van der Waals surface area contributed by atoms with E-state index in [1.54, 1.807) is 18.0 Å². The van der Waals surface area contributed by atoms with E-state index in [1.165, 1.54) is 11.1 Å². The highest BCUT2D eigenvalue weighted by molar-refractivity contribution is 8.14. The minimum absolute atomic E-state index is 0.812. The Morgan fingerprint density at radius 1 is 0.852 bits per heavy atom. The largest absolute Gasteiger partial charge is 0.465 e. The predicted octanol–water partition coefficient (Wildman–Crippen LogP) is 7.11. The lowest BCUT2D eigenvalue weighted by Gasteiger charge is -2.09. The van der Waals surface area contributed by atoms with Crippen molar-refractivity contribution in [2.75, 3.05) is 0 Å². The SMILES string of the molecule is C/C(=C\Oc1ccccc1)C(=Nc1ccc(C)c(C)c1)Sc1ccccc1. The highest BCUT2D eigenvalue weighted by Crippen LogP contribution is 2.27. The van der Waals surface area contributed by atoms with Crippen LogP contribution in [-0.4, -0.2) is 5.04 Å². The molecule has 3 aromatic carbocycles. The Balaban J connectivity index is 1.90. The van der Waals surface area contributed by atoms with Crippen molar-refractivity contribution in [2.24, 2.45) is 4.99 Å². The van der Waals surface area contributed by atoms with Crippen LogP contribution < -0.4 is 4.74 Å². The third kappa shape index (κ3) is 5.60. The number of benzene rings is 3. The van der Waals surface area contributed by atoms with E-state index >= 15 is 0 Å². The Bertz CT molecular complexity index is 947. The molecule has 136 valence electrons. The first-order chi connectivity index (χ1) is 13.1. The molecule has 0 radical (unpaired) electrons. The van der Waals surface area contributed by atoms with Crippen molar-refractivity contribution in [3.63, 3.8) is 0 Å². The van der Waals surface area contributed by atoms with Crippen LogP contribution in [0.3, 0.4) is 0 Å². The van der Waals surface area contributed by atoms with Crippen molar-refractivity contribution in [2.45, 2.75) is 25.7 Å². The first kappa shape index (κ1) is 19.0. The standard InChI is InChI=1S/C24H23NOS/c1-18-14-15-21(16-19(18)2)25-24(27-23-12-8-5-9-13-23)20(3)17-26-22-10-6-4-7-11-22/h4-17H,1-3H3/b20-17+,25-24?. The van der Waals surface area contributed by atoms with Gasteiger partial charge in [-0.1, -0.05) is 54.2 Å². The van der Waals surface area contributed by atoms with Gasteiger partial charge in [-0.05, 0) is 68.3 Å². The highest BCUT2D eigenvalue weighted by atomic mass is 32.2. The normalized spacial score (nSPS) is 12.1. The third-order valence-electron chi connectivity index (χ3n) is 4.13. The van der Waals surface area contributed by atoms with Crippen molar-refractivity contribution in [1.82, 2.24) is 0 Å². The van der Waals surface area contributed by atoms with E-state index in [1.807, 2.05) is 55.5 Å². The number of aryl methyl sites for hydroxylation is 2. The molecule has 0 saturated heterocycles. The van der Waals surface area contributed by atoms with Crippen molar-refractivity contribution in [1.29, 1.82) is 0 Å². The predicted molar refractivity (Wildman–Crippen MR) is 116 cm³/mol. The number of para-hydroxylation sites is 1. The lowest BCUT2D eigenvalue weighted by atomic mass is 10.1. The number of hydrogen-bond donors (Lipinski definition) is 0. The molecule has 0 N–H and O–H groups in total. The summed E-state index contributed by atoms with van der Waals surface area (Å²) >= 11 is 1.64. The summed E-state index contributed by atoms with van der Waals surface area (Å²) in [6.45, 7) is 6.25. The summed E-state index contributed by atoms with van der Waals surface area (Å²) in [5.41, 5.74) is 4.43. The van der Waals surface area contributed by atoms with Gasteiger partial charge in [0.05, 0.1) is 11.9 Å². The Labute approximate surface area is 165 Å². The van der Waals surface area contributed by atoms with Gasteiger partial charge in [-0.3, -0.25) is 0 Å². The Morgan fingerprint density at radius 2 is 1.52 bits per heavy atom. The molecule has 0 aliphatic heterocycles. The first-order valence-electron chi connectivity index (χ1n) is 8.89. The van der Waals surface area contributed by atoms with Crippen molar-refractivity contribution in [3.05, 3.63) is 102 Å². The molecule has 0 aromatic heterocycles. The van der Waals surface area contributed by atoms with E-state index in [4.69, 9.17) is 9.73 Å². The quantitative estimate of drug-likeness (QED) is 0.206. The highest BCUT2D eigenvalue weighted by Gasteiger charge is 2.08. The van der Waals surface area contributed by atoms with Crippen LogP contribution in [0.4, 0.5) is 5.69 Å². The molecule has 0 aliphatic rings. The second kappa shape index (κ2) is 9.24. The second-order valence-electron chi connectivity index (χ2n) is 6.33. The van der Waals surface area contributed by atoms with Gasteiger partial charge in [0, 0.05) is 10.5 Å². The van der Waals surface area contributed by atoms with E-state index < -0.39 is 0 Å². The van der Waals surface area contributed by atoms with Crippen LogP contribution in [0.2, 0.25) is 0 Å². The van der Waals surface area contributed by atoms with Gasteiger partial charge >= 0.3 is 0 Å². The molecule has 27 heavy (non-hydrogen) atoms. The molecule has 0 amide bonds. The summed E-state index contributed by atoms with van der Waals surface area (Å²) in [5, 5.41) is 0.917. The molecule has 0 unspecified atom stereocenters. The van der Waals surface area contributed by atoms with E-state index in [0.29, 0.717) is 0 Å². The maximum absolute atomic E-state index is 5.81. The van der Waals surface area contributed by atoms with Crippen molar-refractivity contribution in [3.8, 4) is 5.75 Å². The van der Waals surface area contributed by atoms with Gasteiger partial charge in [0.1, 0.15) is 10.8 Å². The van der Waals surface area contributed by atoms with Crippen LogP contribution >= 0.6 is 11.8 Å². The number of thioether (sulfide) groups is 1. The average molecular weight is 374 g/mol. The van der Waals surface area contributed by atoms with Crippen LogP contribution in [0.5, 0.6) is 5.75 Å². The lowest BCUT2D eigenvalue weighted by molar-refractivity contribution is 0.478. The Morgan fingerprint density at radius 3 is 2.19 bits per heavy atom. The summed E-state index contributed by atoms with van der Waals surface area (Å²) < 4.78 is 5.81. The molecule has 0 atom stereocenters. The number of ether oxygens (including phenoxy) is 1. The molecule has 0 bridgehead atoms. The number of aliphatic imine (C=N–C) groups is 1. The van der Waals surface area contributed by atoms with Gasteiger partial charge in [-0.15, -0.1) is 0 Å². The number of rotatable bonds is 5. The monoisotopic (exact) mass is 373 g/mol. The molecule has 2 nitrogen and oxygen atoms in total. The van der Waals surface area contributed by atoms with Crippen molar-refractivity contribution < 1.29 is 4.74 Å². The second-order valence-corrected chi connectivity index (χ2v) is 7.39. The summed E-state index contributed by atoms with van der Waals surface area (Å²) in [7, 11) is 0. The molecule has 3 heteroatoms. The first-order valence-corrected chi connectivity index (χ1v) is 9.71. The number of hydrogen-bond acceptors (Lipinski definition) is 3. The van der Waals surface area contributed by atoms with Crippen LogP contribution in [-0.2, 0) is 0 Å². The zero-order valence-electron chi connectivity index (χ0n) is 15.8. The fraction of sp³-hybridized carbons (Fsp3) is 0.125. The summed E-state index contributed by atoms with van der Waals surface area (Å²) in [6, 6.07) is 26.3. The molecule has 0 aliphatic carbocycles. The van der Waals surface area contributed by atoms with E-state index in [0.717, 1.165) is 26.9 Å². The molecule has 0 fully saturated rings. The molecule has 0 heterocycles. The van der Waals surface area contributed by atoms with Gasteiger partial charge < -0.3 is 4.74 Å². The third-order valence-corrected chi connectivity index (χ3v) is 5.25. The lowest BCUT2D eigenvalue weighted by Crippen LogP contribution is -1.97. The smallest absolute Gasteiger partial charge is 0.126 e. The topological polar surface area (TPSA) is 21.6 Å². The van der Waals surface area contributed by atoms with E-state index in [-0.39, 0.29) is 0 Å². The Kier molecular flexibility index (Phi) is 6.50. The maximum atomic E-state index is 5.81. The summed E-state index contributed by atoms with van der Waals surface area (Å²) in [4.78, 5) is 6.05. The number of nitrogens with zero attached hydrogens (tertiary/aromatic N) is 1. The van der Waals surface area contributed by atoms with E-state index in [9.17, 15) is 0 Å². The summed E-state index contributed by atoms with van der Waals surface area (Å²) in [6.07, 6.45) is 1.77. The molecule has 0 spiro atoms. The molecular weight excluding hydrogens is 350 g/mol. The fourth-order valence-electron chi connectivity index (χ4n) is 2.41. The maximum Gasteiger partial charge on any atom is 0.126 e. The van der Waals surface area contributed by atoms with Gasteiger partial charge in [0.25, 0.3) is 0 Å². The van der Waals surface area contributed by atoms with Crippen LogP contribution in [0.25, 0.3) is 0 Å². The van der Waals surface area contributed by atoms with Gasteiger partial charge in [-0.25, -0.2) is 4.99 Å². The van der Waals surface area contributed by atoms with E-state index in [2.05, 4.69) is 44.2 Å². The van der Waals surface area contributed by atoms with Crippen LogP contribution in [0.1, 0.15) is 18.1 Å². The minimum Gasteiger partial charge on any atom is -0.465 e. The minimum atomic E-state index is 0.812. The molecule has 3 aromatic rings. The molecule has 0 saturated carbocycles. The molecular formula is C24H23NOS. The van der Waals surface area contributed by atoms with Crippen LogP contribution in [0.15, 0.2) is 101 Å². The Hall–Kier alpha value is -2.78. The van der Waals surface area contributed by atoms with Crippen molar-refractivity contribution >= 4 is 22.5 Å². The average Bonchev–Trinajstić information content (AvgIpc) is 2.70. The van der Waals surface area contributed by atoms with Gasteiger partial charge in [0.2, 0.25) is 0 Å². The molecule has 3 rings (SSSR count). The fourth-order valence-corrected chi connectivity index (χ4v) is 3.29. The zero-order valence-corrected chi connectivity index (χ0v) is 16.7. The van der Waals surface area contributed by atoms with Gasteiger partial charge in [-0.2, -0.15) is 0 Å². The van der Waals surface area contributed by atoms with Crippen LogP contribution in [0, 0.1) is 13.8 Å².